The van der Waals surface area contributed by atoms with Gasteiger partial charge in [0.2, 0.25) is 0 Å². The molecule has 2 heterocycles. The Labute approximate surface area is 118 Å². The summed E-state index contributed by atoms with van der Waals surface area (Å²) in [7, 11) is 1.36. The molecule has 1 atom stereocenters. The Kier molecular flexibility index (Phi) is 7.86. The van der Waals surface area contributed by atoms with Crippen LogP contribution in [0.15, 0.2) is 18.5 Å². The number of hydrogen-bond donors (Lipinski definition) is 1. The Bertz CT molecular complexity index is 384. The molecule has 1 aromatic rings. The number of methoxy groups -OCH3 is 1. The van der Waals surface area contributed by atoms with E-state index in [1.807, 2.05) is 0 Å². The maximum atomic E-state index is 11.3. The highest BCUT2D eigenvalue weighted by atomic mass is 35.5. The molecular weight excluding hydrogens is 279 g/mol. The van der Waals surface area contributed by atoms with E-state index in [1.165, 1.54) is 13.3 Å². The molecule has 1 aliphatic rings. The van der Waals surface area contributed by atoms with Crippen LogP contribution in [0.3, 0.4) is 0 Å². The van der Waals surface area contributed by atoms with Crippen LogP contribution < -0.4 is 5.32 Å². The minimum Gasteiger partial charge on any atom is -0.465 e. The summed E-state index contributed by atoms with van der Waals surface area (Å²) < 4.78 is 10.0. The lowest BCUT2D eigenvalue weighted by Gasteiger charge is -2.23. The number of pyridine rings is 1. The molecule has 18 heavy (non-hydrogen) atoms. The lowest BCUT2D eigenvalue weighted by molar-refractivity contribution is 0.0598. The number of carbonyl (C=O) groups excluding carboxylic acids is 1. The van der Waals surface area contributed by atoms with E-state index in [9.17, 15) is 4.79 Å². The Morgan fingerprint density at radius 1 is 1.50 bits per heavy atom. The second-order valence-corrected chi connectivity index (χ2v) is 3.58. The van der Waals surface area contributed by atoms with Gasteiger partial charge in [0, 0.05) is 18.9 Å². The summed E-state index contributed by atoms with van der Waals surface area (Å²) in [6.07, 6.45) is 3.23. The molecule has 5 nitrogen and oxygen atoms in total. The average molecular weight is 295 g/mol. The van der Waals surface area contributed by atoms with Crippen molar-refractivity contribution in [3.8, 4) is 0 Å². The zero-order valence-electron chi connectivity index (χ0n) is 9.92. The molecule has 1 unspecified atom stereocenters. The first kappa shape index (κ1) is 17.1. The number of rotatable bonds is 2. The van der Waals surface area contributed by atoms with Gasteiger partial charge < -0.3 is 14.8 Å². The minimum atomic E-state index is -0.369. The van der Waals surface area contributed by atoms with Crippen molar-refractivity contribution >= 4 is 30.8 Å². The number of esters is 1. The van der Waals surface area contributed by atoms with E-state index in [0.29, 0.717) is 12.2 Å². The monoisotopic (exact) mass is 294 g/mol. The molecule has 1 fully saturated rings. The third-order valence-corrected chi connectivity index (χ3v) is 2.50. The fourth-order valence-corrected chi connectivity index (χ4v) is 1.66. The van der Waals surface area contributed by atoms with E-state index in [-0.39, 0.29) is 36.8 Å². The number of nitrogens with zero attached hydrogens (tertiary/aromatic N) is 1. The van der Waals surface area contributed by atoms with Gasteiger partial charge >= 0.3 is 5.97 Å². The Hall–Kier alpha value is -0.880. The van der Waals surface area contributed by atoms with Crippen LogP contribution in [-0.2, 0) is 9.47 Å². The number of aromatic nitrogens is 1. The highest BCUT2D eigenvalue weighted by Gasteiger charge is 2.17. The lowest BCUT2D eigenvalue weighted by atomic mass is 10.1. The van der Waals surface area contributed by atoms with E-state index in [1.54, 1.807) is 12.3 Å². The molecule has 1 saturated heterocycles. The van der Waals surface area contributed by atoms with Crippen molar-refractivity contribution in [3.63, 3.8) is 0 Å². The van der Waals surface area contributed by atoms with Gasteiger partial charge in [-0.15, -0.1) is 24.8 Å². The summed E-state index contributed by atoms with van der Waals surface area (Å²) in [4.78, 5) is 15.4. The van der Waals surface area contributed by atoms with Gasteiger partial charge in [-0.3, -0.25) is 4.98 Å². The van der Waals surface area contributed by atoms with Crippen LogP contribution >= 0.6 is 24.8 Å². The number of ether oxygens (including phenoxy) is 2. The molecule has 0 spiro atoms. The van der Waals surface area contributed by atoms with E-state index < -0.39 is 0 Å². The van der Waals surface area contributed by atoms with Gasteiger partial charge in [-0.05, 0) is 11.6 Å². The van der Waals surface area contributed by atoms with Gasteiger partial charge in [-0.25, -0.2) is 4.79 Å². The lowest BCUT2D eigenvalue weighted by Crippen LogP contribution is -2.34. The first-order valence-corrected chi connectivity index (χ1v) is 5.15. The zero-order chi connectivity index (χ0) is 11.4. The maximum Gasteiger partial charge on any atom is 0.339 e. The summed E-state index contributed by atoms with van der Waals surface area (Å²) in [6.45, 7) is 2.14. The molecule has 0 aromatic carbocycles. The van der Waals surface area contributed by atoms with Crippen LogP contribution in [0.25, 0.3) is 0 Å². The second-order valence-electron chi connectivity index (χ2n) is 3.58. The highest BCUT2D eigenvalue weighted by Crippen LogP contribution is 2.16. The van der Waals surface area contributed by atoms with Crippen LogP contribution in [0.2, 0.25) is 0 Å². The normalized spacial score (nSPS) is 18.2. The summed E-state index contributed by atoms with van der Waals surface area (Å²) in [5.74, 6) is -0.369. The van der Waals surface area contributed by atoms with Gasteiger partial charge in [0.05, 0.1) is 31.9 Å². The Morgan fingerprint density at radius 2 is 2.28 bits per heavy atom. The summed E-state index contributed by atoms with van der Waals surface area (Å²) in [6, 6.07) is 1.89. The van der Waals surface area contributed by atoms with Crippen LogP contribution in [0.4, 0.5) is 0 Å². The van der Waals surface area contributed by atoms with Gasteiger partial charge in [0.25, 0.3) is 0 Å². The molecule has 0 saturated carbocycles. The van der Waals surface area contributed by atoms with Gasteiger partial charge in [-0.2, -0.15) is 0 Å². The topological polar surface area (TPSA) is 60.5 Å². The van der Waals surface area contributed by atoms with Crippen LogP contribution in [0.5, 0.6) is 0 Å². The van der Waals surface area contributed by atoms with E-state index in [4.69, 9.17) is 4.74 Å². The van der Waals surface area contributed by atoms with Crippen molar-refractivity contribution in [3.05, 3.63) is 29.6 Å². The molecule has 7 heteroatoms. The molecule has 0 bridgehead atoms. The molecule has 102 valence electrons. The Balaban J connectivity index is 0.00000144. The van der Waals surface area contributed by atoms with Crippen molar-refractivity contribution in [2.24, 2.45) is 0 Å². The van der Waals surface area contributed by atoms with Gasteiger partial charge in [0.15, 0.2) is 0 Å². The number of nitrogens with one attached hydrogen (secondary N) is 1. The predicted octanol–water partition coefficient (Wildman–Crippen LogP) is 1.37. The largest absolute Gasteiger partial charge is 0.465 e. The Morgan fingerprint density at radius 3 is 2.89 bits per heavy atom. The van der Waals surface area contributed by atoms with Crippen LogP contribution in [-0.4, -0.2) is 37.8 Å². The molecule has 0 aliphatic carbocycles. The number of halogens is 2. The van der Waals surface area contributed by atoms with Crippen molar-refractivity contribution in [2.45, 2.75) is 6.04 Å². The maximum absolute atomic E-state index is 11.3. The van der Waals surface area contributed by atoms with Crippen LogP contribution in [0.1, 0.15) is 22.0 Å². The highest BCUT2D eigenvalue weighted by molar-refractivity contribution is 5.89. The molecule has 2 rings (SSSR count). The van der Waals surface area contributed by atoms with E-state index in [0.717, 1.165) is 18.7 Å². The molecule has 1 aliphatic heterocycles. The van der Waals surface area contributed by atoms with Crippen molar-refractivity contribution in [1.29, 1.82) is 0 Å². The predicted molar refractivity (Wildman–Crippen MR) is 71.6 cm³/mol. The molecule has 1 aromatic heterocycles. The smallest absolute Gasteiger partial charge is 0.339 e. The summed E-state index contributed by atoms with van der Waals surface area (Å²) >= 11 is 0. The third kappa shape index (κ3) is 4.10. The van der Waals surface area contributed by atoms with Crippen molar-refractivity contribution in [2.75, 3.05) is 26.9 Å². The second kappa shape index (κ2) is 8.26. The SMILES string of the molecule is COC(=O)c1cncc(C2COCCN2)c1.Cl.Cl. The van der Waals surface area contributed by atoms with E-state index >= 15 is 0 Å². The first-order chi connectivity index (χ1) is 7.81. The number of carbonyl (C=O) groups is 1. The third-order valence-electron chi connectivity index (χ3n) is 2.50. The van der Waals surface area contributed by atoms with Gasteiger partial charge in [0.1, 0.15) is 0 Å². The summed E-state index contributed by atoms with van der Waals surface area (Å²) in [5, 5.41) is 3.30. The van der Waals surface area contributed by atoms with Crippen molar-refractivity contribution in [1.82, 2.24) is 10.3 Å². The first-order valence-electron chi connectivity index (χ1n) is 5.15. The zero-order valence-corrected chi connectivity index (χ0v) is 11.6. The molecule has 0 radical (unpaired) electrons. The molecule has 0 amide bonds. The summed E-state index contributed by atoms with van der Waals surface area (Å²) in [5.41, 5.74) is 1.41. The fraction of sp³-hybridized carbons (Fsp3) is 0.455. The van der Waals surface area contributed by atoms with Gasteiger partial charge in [-0.1, -0.05) is 0 Å². The molecule has 1 N–H and O–H groups in total. The fourth-order valence-electron chi connectivity index (χ4n) is 1.66. The standard InChI is InChI=1S/C11H14N2O3.2ClH/c1-15-11(14)9-4-8(5-12-6-9)10-7-16-3-2-13-10;;/h4-6,10,13H,2-3,7H2,1H3;2*1H. The average Bonchev–Trinajstić information content (AvgIpc) is 2.39. The quantitative estimate of drug-likeness (QED) is 0.835. The molecular formula is C11H16Cl2N2O3. The van der Waals surface area contributed by atoms with E-state index in [2.05, 4.69) is 15.0 Å². The van der Waals surface area contributed by atoms with Crippen LogP contribution in [0, 0.1) is 0 Å². The minimum absolute atomic E-state index is 0. The van der Waals surface area contributed by atoms with Crippen molar-refractivity contribution < 1.29 is 14.3 Å². The number of hydrogen-bond acceptors (Lipinski definition) is 5. The number of morpholine rings is 1.